The lowest BCUT2D eigenvalue weighted by Gasteiger charge is -2.16. The number of halogens is 3. The van der Waals surface area contributed by atoms with Crippen LogP contribution in [0.5, 0.6) is 5.75 Å². The highest BCUT2D eigenvalue weighted by atomic mass is 19.3. The van der Waals surface area contributed by atoms with Crippen LogP contribution in [0.25, 0.3) is 0 Å². The normalized spacial score (nSPS) is 12.4. The molecule has 2 rings (SSSR count). The van der Waals surface area contributed by atoms with Crippen molar-refractivity contribution in [3.8, 4) is 5.75 Å². The minimum absolute atomic E-state index is 0.00637. The van der Waals surface area contributed by atoms with Crippen molar-refractivity contribution in [2.24, 2.45) is 4.99 Å². The second-order valence-electron chi connectivity index (χ2n) is 6.10. The van der Waals surface area contributed by atoms with Gasteiger partial charge in [0.1, 0.15) is 18.1 Å². The monoisotopic (exact) mass is 424 g/mol. The van der Waals surface area contributed by atoms with E-state index in [2.05, 4.69) is 25.7 Å². The highest BCUT2D eigenvalue weighted by Crippen LogP contribution is 2.19. The van der Waals surface area contributed by atoms with Gasteiger partial charge in [-0.2, -0.15) is 8.78 Å². The third kappa shape index (κ3) is 8.00. The maximum atomic E-state index is 13.2. The van der Waals surface area contributed by atoms with Gasteiger partial charge in [-0.05, 0) is 42.8 Å². The summed E-state index contributed by atoms with van der Waals surface area (Å²) in [6.07, 6.45) is -0.949. The molecule has 0 heterocycles. The molecule has 162 valence electrons. The summed E-state index contributed by atoms with van der Waals surface area (Å²) in [5, 5.41) is 18.6. The number of guanidine groups is 1. The van der Waals surface area contributed by atoms with Crippen molar-refractivity contribution < 1.29 is 27.8 Å². The Hall–Kier alpha value is -3.27. The number of aliphatic imine (C=N–C) groups is 1. The van der Waals surface area contributed by atoms with Gasteiger partial charge < -0.3 is 25.8 Å². The molecule has 0 aliphatic rings. The molecular weight excluding hydrogens is 401 g/mol. The summed E-state index contributed by atoms with van der Waals surface area (Å²) < 4.78 is 41.8. The Morgan fingerprint density at radius 1 is 1.17 bits per heavy atom. The van der Waals surface area contributed by atoms with E-state index in [9.17, 15) is 23.1 Å². The predicted octanol–water partition coefficient (Wildman–Crippen LogP) is 2.65. The van der Waals surface area contributed by atoms with Gasteiger partial charge in [0.25, 0.3) is 0 Å². The Kier molecular flexibility index (Phi) is 8.95. The summed E-state index contributed by atoms with van der Waals surface area (Å²) in [5.74, 6) is -0.612. The highest BCUT2D eigenvalue weighted by Gasteiger charge is 2.11. The van der Waals surface area contributed by atoms with Gasteiger partial charge in [-0.3, -0.25) is 4.79 Å². The molecule has 0 saturated carbocycles. The lowest BCUT2D eigenvalue weighted by Crippen LogP contribution is -2.40. The Bertz CT molecular complexity index is 847. The molecule has 30 heavy (non-hydrogen) atoms. The van der Waals surface area contributed by atoms with Crippen molar-refractivity contribution in [2.75, 3.05) is 25.0 Å². The van der Waals surface area contributed by atoms with Crippen molar-refractivity contribution in [3.05, 3.63) is 59.9 Å². The lowest BCUT2D eigenvalue weighted by molar-refractivity contribution is -0.114. The second-order valence-corrected chi connectivity index (χ2v) is 6.10. The number of nitrogens with zero attached hydrogens (tertiary/aromatic N) is 1. The molecule has 0 aliphatic heterocycles. The number of anilines is 1. The number of hydrogen-bond acceptors (Lipinski definition) is 4. The van der Waals surface area contributed by atoms with E-state index in [1.807, 2.05) is 6.92 Å². The molecule has 10 heteroatoms. The van der Waals surface area contributed by atoms with Gasteiger partial charge >= 0.3 is 6.61 Å². The van der Waals surface area contributed by atoms with Gasteiger partial charge in [-0.1, -0.05) is 18.2 Å². The molecule has 0 spiro atoms. The molecular formula is C20H23F3N4O3. The predicted molar refractivity (Wildman–Crippen MR) is 107 cm³/mol. The first-order chi connectivity index (χ1) is 14.4. The van der Waals surface area contributed by atoms with Crippen molar-refractivity contribution in [1.29, 1.82) is 0 Å². The zero-order chi connectivity index (χ0) is 21.9. The molecule has 1 atom stereocenters. The van der Waals surface area contributed by atoms with Crippen molar-refractivity contribution in [2.45, 2.75) is 19.6 Å². The summed E-state index contributed by atoms with van der Waals surface area (Å²) in [4.78, 5) is 16.1. The molecule has 0 saturated heterocycles. The third-order valence-corrected chi connectivity index (χ3v) is 3.79. The number of alkyl halides is 2. The van der Waals surface area contributed by atoms with Crippen LogP contribution in [0.15, 0.2) is 53.5 Å². The van der Waals surface area contributed by atoms with Crippen LogP contribution < -0.4 is 20.7 Å². The molecule has 7 nitrogen and oxygen atoms in total. The smallest absolute Gasteiger partial charge is 0.387 e. The molecule has 0 bridgehead atoms. The van der Waals surface area contributed by atoms with Crippen molar-refractivity contribution in [3.63, 3.8) is 0 Å². The molecule has 2 aromatic carbocycles. The number of benzene rings is 2. The fourth-order valence-electron chi connectivity index (χ4n) is 2.44. The Morgan fingerprint density at radius 2 is 1.90 bits per heavy atom. The van der Waals surface area contributed by atoms with Crippen LogP contribution in [0.1, 0.15) is 18.6 Å². The van der Waals surface area contributed by atoms with Crippen molar-refractivity contribution in [1.82, 2.24) is 10.6 Å². The van der Waals surface area contributed by atoms with E-state index >= 15 is 0 Å². The molecule has 0 aliphatic carbocycles. The van der Waals surface area contributed by atoms with E-state index in [4.69, 9.17) is 0 Å². The first kappa shape index (κ1) is 23.0. The highest BCUT2D eigenvalue weighted by molar-refractivity contribution is 5.94. The number of nitrogens with one attached hydrogen (secondary N) is 3. The number of carbonyl (C=O) groups excluding carboxylic acids is 1. The fraction of sp³-hybridized carbons (Fsp3) is 0.300. The maximum absolute atomic E-state index is 13.2. The molecule has 1 unspecified atom stereocenters. The summed E-state index contributed by atoms with van der Waals surface area (Å²) in [5.41, 5.74) is 0.812. The Morgan fingerprint density at radius 3 is 2.53 bits per heavy atom. The Labute approximate surface area is 172 Å². The number of aliphatic hydroxyl groups is 1. The van der Waals surface area contributed by atoms with Crippen LogP contribution in [-0.4, -0.2) is 43.2 Å². The molecule has 1 amide bonds. The van der Waals surface area contributed by atoms with E-state index in [-0.39, 0.29) is 18.8 Å². The van der Waals surface area contributed by atoms with Crippen LogP contribution >= 0.6 is 0 Å². The minimum atomic E-state index is -2.92. The van der Waals surface area contributed by atoms with Gasteiger partial charge in [-0.25, -0.2) is 9.38 Å². The van der Waals surface area contributed by atoms with Crippen molar-refractivity contribution >= 4 is 17.6 Å². The average Bonchev–Trinajstić information content (AvgIpc) is 2.70. The van der Waals surface area contributed by atoms with Gasteiger partial charge in [0.2, 0.25) is 5.91 Å². The first-order valence-electron chi connectivity index (χ1n) is 9.17. The maximum Gasteiger partial charge on any atom is 0.387 e. The van der Waals surface area contributed by atoms with Gasteiger partial charge in [0.05, 0.1) is 6.10 Å². The number of carbonyl (C=O) groups is 1. The number of rotatable bonds is 9. The van der Waals surface area contributed by atoms with E-state index < -0.39 is 24.4 Å². The van der Waals surface area contributed by atoms with Gasteiger partial charge in [0.15, 0.2) is 5.96 Å². The standard InChI is InChI=1S/C20H23F3N4O3/c1-2-24-20(26-12-18(29)27-15-5-3-4-14(21)10-15)25-11-17(28)13-6-8-16(9-7-13)30-19(22)23/h3-10,17,19,28H,2,11-12H2,1H3,(H,27,29)(H2,24,25,26). The number of aliphatic hydroxyl groups excluding tert-OH is 1. The topological polar surface area (TPSA) is 95.0 Å². The zero-order valence-corrected chi connectivity index (χ0v) is 16.2. The summed E-state index contributed by atoms with van der Waals surface area (Å²) in [7, 11) is 0. The van der Waals surface area contributed by atoms with E-state index in [1.54, 1.807) is 6.07 Å². The van der Waals surface area contributed by atoms with Crippen LogP contribution in [-0.2, 0) is 4.79 Å². The number of amides is 1. The first-order valence-corrected chi connectivity index (χ1v) is 9.17. The summed E-state index contributed by atoms with van der Waals surface area (Å²) in [6, 6.07) is 11.1. The summed E-state index contributed by atoms with van der Waals surface area (Å²) >= 11 is 0. The zero-order valence-electron chi connectivity index (χ0n) is 16.2. The minimum Gasteiger partial charge on any atom is -0.435 e. The van der Waals surface area contributed by atoms with Gasteiger partial charge in [-0.15, -0.1) is 0 Å². The van der Waals surface area contributed by atoms with Crippen LogP contribution in [0.3, 0.4) is 0 Å². The second kappa shape index (κ2) is 11.7. The fourth-order valence-corrected chi connectivity index (χ4v) is 2.44. The Balaban J connectivity index is 1.88. The summed E-state index contributed by atoms with van der Waals surface area (Å²) in [6.45, 7) is -0.719. The third-order valence-electron chi connectivity index (χ3n) is 3.79. The molecule has 2 aromatic rings. The molecule has 4 N–H and O–H groups in total. The molecule has 0 fully saturated rings. The van der Waals surface area contributed by atoms with Gasteiger partial charge in [0, 0.05) is 18.8 Å². The van der Waals surface area contributed by atoms with E-state index in [0.29, 0.717) is 23.8 Å². The molecule has 0 radical (unpaired) electrons. The van der Waals surface area contributed by atoms with E-state index in [0.717, 1.165) is 0 Å². The number of hydrogen-bond donors (Lipinski definition) is 4. The van der Waals surface area contributed by atoms with Crippen LogP contribution in [0.2, 0.25) is 0 Å². The number of ether oxygens (including phenoxy) is 1. The lowest BCUT2D eigenvalue weighted by atomic mass is 10.1. The SMILES string of the molecule is CCNC(=NCC(=O)Nc1cccc(F)c1)NCC(O)c1ccc(OC(F)F)cc1. The van der Waals surface area contributed by atoms with Crippen LogP contribution in [0.4, 0.5) is 18.9 Å². The average molecular weight is 424 g/mol. The largest absolute Gasteiger partial charge is 0.435 e. The quantitative estimate of drug-likeness (QED) is 0.367. The van der Waals surface area contributed by atoms with E-state index in [1.165, 1.54) is 42.5 Å². The molecule has 0 aromatic heterocycles. The van der Waals surface area contributed by atoms with Crippen LogP contribution in [0, 0.1) is 5.82 Å².